The van der Waals surface area contributed by atoms with Crippen LogP contribution in [0.2, 0.25) is 0 Å². The smallest absolute Gasteiger partial charge is 0.462 e. The Morgan fingerprint density at radius 1 is 0.400 bits per heavy atom. The van der Waals surface area contributed by atoms with Gasteiger partial charge in [0.2, 0.25) is 0 Å². The van der Waals surface area contributed by atoms with Crippen LogP contribution in [-0.4, -0.2) is 66.5 Å². The van der Waals surface area contributed by atoms with Crippen molar-refractivity contribution in [1.82, 2.24) is 0 Å². The monoisotopic (exact) mass is 1010 g/mol. The topological polar surface area (TPSA) is 155 Å². The second-order valence-corrected chi connectivity index (χ2v) is 20.9. The van der Waals surface area contributed by atoms with Gasteiger partial charge in [-0.05, 0) is 64.2 Å². The standard InChI is InChI=1S/C58H107O11P/c1-4-7-10-13-16-19-22-24-25-26-27-28-29-31-34-37-40-43-46-49-58(62)69-55(51-65-56(60)47-44-41-38-35-32-21-18-15-12-9-6-3)53-67-70(63,64)66-52-54(50-59)68-57(61)48-45-42-39-36-33-30-23-20-17-14-11-8-5-2/h11,14-15,18,20,23,54-55,59H,4-10,12-13,16-17,19,21-22,24-53H2,1-3H3,(H,63,64)/b14-11-,18-15-,23-20-. The van der Waals surface area contributed by atoms with Gasteiger partial charge < -0.3 is 24.2 Å². The van der Waals surface area contributed by atoms with E-state index in [9.17, 15) is 28.9 Å². The second-order valence-electron chi connectivity index (χ2n) is 19.5. The Balaban J connectivity index is 4.65. The molecule has 0 saturated carbocycles. The molecule has 0 spiro atoms. The van der Waals surface area contributed by atoms with Gasteiger partial charge in [0.15, 0.2) is 6.10 Å². The molecule has 410 valence electrons. The van der Waals surface area contributed by atoms with E-state index in [2.05, 4.69) is 57.2 Å². The highest BCUT2D eigenvalue weighted by Crippen LogP contribution is 2.43. The molecule has 0 aromatic rings. The first-order valence-corrected chi connectivity index (χ1v) is 30.4. The number of aliphatic hydroxyl groups is 1. The van der Waals surface area contributed by atoms with Gasteiger partial charge in [0, 0.05) is 19.3 Å². The van der Waals surface area contributed by atoms with Gasteiger partial charge in [-0.15, -0.1) is 0 Å². The zero-order valence-corrected chi connectivity index (χ0v) is 46.1. The predicted octanol–water partition coefficient (Wildman–Crippen LogP) is 16.8. The lowest BCUT2D eigenvalue weighted by Gasteiger charge is -2.21. The average Bonchev–Trinajstić information content (AvgIpc) is 3.35. The normalized spacial score (nSPS) is 13.6. The molecule has 0 aliphatic rings. The van der Waals surface area contributed by atoms with Crippen molar-refractivity contribution in [2.75, 3.05) is 26.4 Å². The number of hydrogen-bond donors (Lipinski definition) is 2. The molecular formula is C58H107O11P. The van der Waals surface area contributed by atoms with E-state index in [4.69, 9.17) is 23.3 Å². The maximum atomic E-state index is 12.9. The molecule has 0 amide bonds. The van der Waals surface area contributed by atoms with E-state index in [1.807, 2.05) is 0 Å². The summed E-state index contributed by atoms with van der Waals surface area (Å²) in [6.07, 6.45) is 54.0. The summed E-state index contributed by atoms with van der Waals surface area (Å²) in [4.78, 5) is 48.4. The SMILES string of the molecule is CCC/C=C\C/C=C\CCCCCCCC(=O)OC(CO)COP(=O)(O)OCC(COC(=O)CCCCCCC/C=C\CCCC)OC(=O)CCCCCCCCCCCCCCCCCCCCC. The van der Waals surface area contributed by atoms with Gasteiger partial charge in [0.05, 0.1) is 19.8 Å². The molecule has 0 bridgehead atoms. The Morgan fingerprint density at radius 3 is 1.17 bits per heavy atom. The number of aliphatic hydroxyl groups excluding tert-OH is 1. The largest absolute Gasteiger partial charge is 0.472 e. The Labute approximate surface area is 429 Å². The van der Waals surface area contributed by atoms with E-state index >= 15 is 0 Å². The van der Waals surface area contributed by atoms with Crippen molar-refractivity contribution in [2.24, 2.45) is 0 Å². The third-order valence-electron chi connectivity index (χ3n) is 12.5. The van der Waals surface area contributed by atoms with Crippen molar-refractivity contribution in [1.29, 1.82) is 0 Å². The second kappa shape index (κ2) is 53.0. The maximum absolute atomic E-state index is 12.9. The van der Waals surface area contributed by atoms with Crippen molar-refractivity contribution in [2.45, 2.75) is 290 Å². The molecule has 0 aromatic heterocycles. The lowest BCUT2D eigenvalue weighted by Crippen LogP contribution is -2.30. The van der Waals surface area contributed by atoms with Crippen LogP contribution in [0, 0.1) is 0 Å². The third-order valence-corrected chi connectivity index (χ3v) is 13.5. The third kappa shape index (κ3) is 50.6. The Bertz CT molecular complexity index is 1320. The van der Waals surface area contributed by atoms with E-state index in [0.717, 1.165) is 103 Å². The van der Waals surface area contributed by atoms with Gasteiger partial charge in [-0.2, -0.15) is 0 Å². The lowest BCUT2D eigenvalue weighted by atomic mass is 10.0. The summed E-state index contributed by atoms with van der Waals surface area (Å²) in [7, 11) is -4.74. The van der Waals surface area contributed by atoms with Crippen LogP contribution in [0.1, 0.15) is 278 Å². The molecule has 2 N–H and O–H groups in total. The Kier molecular flexibility index (Phi) is 51.3. The number of unbranched alkanes of at least 4 members (excludes halogenated alkanes) is 31. The molecule has 0 rings (SSSR count). The average molecular weight is 1010 g/mol. The van der Waals surface area contributed by atoms with Crippen LogP contribution in [-0.2, 0) is 42.2 Å². The van der Waals surface area contributed by atoms with E-state index in [0.29, 0.717) is 19.3 Å². The van der Waals surface area contributed by atoms with Crippen LogP contribution < -0.4 is 0 Å². The van der Waals surface area contributed by atoms with Crippen molar-refractivity contribution < 1.29 is 52.2 Å². The van der Waals surface area contributed by atoms with Crippen LogP contribution in [0.4, 0.5) is 0 Å². The quantitative estimate of drug-likeness (QED) is 0.0197. The predicted molar refractivity (Wildman–Crippen MR) is 289 cm³/mol. The maximum Gasteiger partial charge on any atom is 0.472 e. The molecule has 11 nitrogen and oxygen atoms in total. The fourth-order valence-electron chi connectivity index (χ4n) is 8.08. The van der Waals surface area contributed by atoms with Crippen LogP contribution in [0.25, 0.3) is 0 Å². The number of carbonyl (C=O) groups excluding carboxylic acids is 3. The Hall–Kier alpha value is -2.30. The van der Waals surface area contributed by atoms with Crippen molar-refractivity contribution in [3.8, 4) is 0 Å². The summed E-state index contributed by atoms with van der Waals surface area (Å²) in [6.45, 7) is 4.55. The van der Waals surface area contributed by atoms with Crippen molar-refractivity contribution in [3.05, 3.63) is 36.5 Å². The minimum atomic E-state index is -4.74. The molecule has 0 radical (unpaired) electrons. The van der Waals surface area contributed by atoms with E-state index in [1.165, 1.54) is 116 Å². The van der Waals surface area contributed by atoms with Gasteiger partial charge in [0.1, 0.15) is 12.7 Å². The highest BCUT2D eigenvalue weighted by Gasteiger charge is 2.28. The van der Waals surface area contributed by atoms with Gasteiger partial charge in [-0.3, -0.25) is 23.4 Å². The van der Waals surface area contributed by atoms with Crippen LogP contribution >= 0.6 is 7.82 Å². The molecule has 0 fully saturated rings. The minimum absolute atomic E-state index is 0.163. The van der Waals surface area contributed by atoms with Gasteiger partial charge in [0.25, 0.3) is 0 Å². The first-order valence-electron chi connectivity index (χ1n) is 28.9. The minimum Gasteiger partial charge on any atom is -0.462 e. The molecule has 3 unspecified atom stereocenters. The fraction of sp³-hybridized carbons (Fsp3) is 0.845. The first-order chi connectivity index (χ1) is 34.2. The van der Waals surface area contributed by atoms with Crippen molar-refractivity contribution in [3.63, 3.8) is 0 Å². The molecule has 0 aliphatic carbocycles. The number of ether oxygens (including phenoxy) is 3. The number of rotatable bonds is 54. The van der Waals surface area contributed by atoms with Crippen LogP contribution in [0.5, 0.6) is 0 Å². The highest BCUT2D eigenvalue weighted by atomic mass is 31.2. The molecule has 3 atom stereocenters. The number of phosphoric ester groups is 1. The molecule has 0 saturated heterocycles. The summed E-state index contributed by atoms with van der Waals surface area (Å²) >= 11 is 0. The summed E-state index contributed by atoms with van der Waals surface area (Å²) in [5.41, 5.74) is 0. The fourth-order valence-corrected chi connectivity index (χ4v) is 8.87. The summed E-state index contributed by atoms with van der Waals surface area (Å²) in [6, 6.07) is 0. The van der Waals surface area contributed by atoms with Crippen molar-refractivity contribution >= 4 is 25.7 Å². The highest BCUT2D eigenvalue weighted by molar-refractivity contribution is 7.47. The number of esters is 3. The zero-order chi connectivity index (χ0) is 51.3. The van der Waals surface area contributed by atoms with Crippen LogP contribution in [0.3, 0.4) is 0 Å². The summed E-state index contributed by atoms with van der Waals surface area (Å²) in [5.74, 6) is -1.47. The van der Waals surface area contributed by atoms with E-state index < -0.39 is 57.8 Å². The molecule has 12 heteroatoms. The van der Waals surface area contributed by atoms with Crippen LogP contribution in [0.15, 0.2) is 36.5 Å². The zero-order valence-electron chi connectivity index (χ0n) is 45.2. The summed E-state index contributed by atoms with van der Waals surface area (Å²) in [5, 5.41) is 9.79. The Morgan fingerprint density at radius 2 is 0.743 bits per heavy atom. The van der Waals surface area contributed by atoms with Gasteiger partial charge >= 0.3 is 25.7 Å². The number of carbonyl (C=O) groups is 3. The van der Waals surface area contributed by atoms with Gasteiger partial charge in [-0.1, -0.05) is 231 Å². The first kappa shape index (κ1) is 67.7. The molecule has 0 heterocycles. The van der Waals surface area contributed by atoms with Gasteiger partial charge in [-0.25, -0.2) is 4.57 Å². The molecular weight excluding hydrogens is 904 g/mol. The molecule has 0 aliphatic heterocycles. The van der Waals surface area contributed by atoms with E-state index in [1.54, 1.807) is 0 Å². The lowest BCUT2D eigenvalue weighted by molar-refractivity contribution is -0.161. The molecule has 70 heavy (non-hydrogen) atoms. The number of allylic oxidation sites excluding steroid dienone is 6. The number of hydrogen-bond acceptors (Lipinski definition) is 10. The van der Waals surface area contributed by atoms with E-state index in [-0.39, 0.29) is 25.9 Å². The molecule has 0 aromatic carbocycles. The number of phosphoric acid groups is 1. The summed E-state index contributed by atoms with van der Waals surface area (Å²) < 4.78 is 39.5.